The average Bonchev–Trinajstić information content (AvgIpc) is 3.54. The topological polar surface area (TPSA) is 158 Å². The summed E-state index contributed by atoms with van der Waals surface area (Å²) in [5.41, 5.74) is 5.26. The second-order valence-corrected chi connectivity index (χ2v) is 13.9. The molecule has 4 N–H and O–H groups in total. The average molecular weight is 744 g/mol. The Balaban J connectivity index is 1.14. The number of aromatic nitrogens is 3. The fraction of sp³-hybridized carbons (Fsp3) is 0.289. The molecule has 4 heterocycles. The third-order valence-electron chi connectivity index (χ3n) is 9.64. The summed E-state index contributed by atoms with van der Waals surface area (Å²) in [6, 6.07) is 18.7. The van der Waals surface area contributed by atoms with Crippen LogP contribution in [0.2, 0.25) is 10.0 Å². The van der Waals surface area contributed by atoms with Gasteiger partial charge in [-0.2, -0.15) is 0 Å². The Kier molecular flexibility index (Phi) is 10.2. The fourth-order valence-electron chi connectivity index (χ4n) is 6.73. The molecule has 1 saturated carbocycles. The lowest BCUT2D eigenvalue weighted by Gasteiger charge is -2.32. The van der Waals surface area contributed by atoms with Gasteiger partial charge < -0.3 is 30.5 Å². The van der Waals surface area contributed by atoms with E-state index in [9.17, 15) is 24.6 Å². The predicted octanol–water partition coefficient (Wildman–Crippen LogP) is 5.78. The summed E-state index contributed by atoms with van der Waals surface area (Å²) < 4.78 is 6.99. The van der Waals surface area contributed by atoms with E-state index in [-0.39, 0.29) is 42.7 Å². The summed E-state index contributed by atoms with van der Waals surface area (Å²) in [5.74, 6) is 0.373. The molecule has 1 atom stereocenters. The van der Waals surface area contributed by atoms with Gasteiger partial charge in [-0.25, -0.2) is 14.8 Å². The van der Waals surface area contributed by atoms with E-state index in [1.54, 1.807) is 25.4 Å². The molecule has 2 fully saturated rings. The Morgan fingerprint density at radius 2 is 1.73 bits per heavy atom. The van der Waals surface area contributed by atoms with Crippen molar-refractivity contribution in [1.82, 2.24) is 29.9 Å². The molecule has 268 valence electrons. The molecule has 1 aliphatic heterocycles. The molecular weight excluding hydrogens is 707 g/mol. The summed E-state index contributed by atoms with van der Waals surface area (Å²) in [5, 5.41) is 26.5. The summed E-state index contributed by atoms with van der Waals surface area (Å²) in [4.78, 5) is 47.4. The van der Waals surface area contributed by atoms with Gasteiger partial charge in [-0.15, -0.1) is 0 Å². The van der Waals surface area contributed by atoms with Gasteiger partial charge in [-0.1, -0.05) is 65.7 Å². The summed E-state index contributed by atoms with van der Waals surface area (Å²) in [7, 11) is 1.58. The Morgan fingerprint density at radius 3 is 2.40 bits per heavy atom. The maximum Gasteiger partial charge on any atom is 0.407 e. The van der Waals surface area contributed by atoms with Crippen molar-refractivity contribution < 1.29 is 24.5 Å². The molecule has 5 aromatic rings. The van der Waals surface area contributed by atoms with Crippen molar-refractivity contribution in [3.8, 4) is 39.4 Å². The number of nitrogens with one attached hydrogen (secondary N) is 2. The predicted molar refractivity (Wildman–Crippen MR) is 198 cm³/mol. The third-order valence-corrected chi connectivity index (χ3v) is 10.5. The second-order valence-electron chi connectivity index (χ2n) is 13.1. The molecule has 1 aliphatic carbocycles. The van der Waals surface area contributed by atoms with Crippen molar-refractivity contribution in [1.29, 1.82) is 0 Å². The number of halogens is 2. The van der Waals surface area contributed by atoms with Gasteiger partial charge >= 0.3 is 6.09 Å². The quantitative estimate of drug-likeness (QED) is 0.132. The van der Waals surface area contributed by atoms with Crippen LogP contribution in [0.15, 0.2) is 77.9 Å². The zero-order chi connectivity index (χ0) is 36.5. The number of benzene rings is 2. The normalized spacial score (nSPS) is 18.2. The highest BCUT2D eigenvalue weighted by Gasteiger charge is 2.28. The molecule has 2 amide bonds. The van der Waals surface area contributed by atoms with Crippen LogP contribution in [0.25, 0.3) is 39.2 Å². The number of carbonyl (C=O) groups is 2. The van der Waals surface area contributed by atoms with E-state index in [0.29, 0.717) is 68.9 Å². The molecule has 0 spiro atoms. The number of hydrogen-bond acceptors (Lipinski definition) is 8. The molecule has 2 aliphatic rings. The standard InChI is InChI=1S/C38H36Cl2N6O6/c1-52-36-22(17-41-25-15-26(47)16-25)8-10-31(44-36)30-7-3-6-29(35(30)40)28-5-2-4-27(34(28)39)21-12-13-46-32(14-21)42-18-23(37(46)49)19-45(38(50)51)20-24-9-11-33(48)43-24/h2-8,10,12-14,18,24-26,41,47H,9,11,15-17,19-20H2,1H3,(H,43,48)(H,50,51)/t24-,25?,26?/m0/s1. The van der Waals surface area contributed by atoms with Crippen LogP contribution in [0, 0.1) is 0 Å². The van der Waals surface area contributed by atoms with Crippen molar-refractivity contribution in [2.24, 2.45) is 0 Å². The molecule has 0 bridgehead atoms. The Hall–Kier alpha value is -5.01. The van der Waals surface area contributed by atoms with Gasteiger partial charge in [-0.05, 0) is 43.0 Å². The van der Waals surface area contributed by atoms with Crippen LogP contribution < -0.4 is 20.9 Å². The first kappa shape index (κ1) is 35.4. The van der Waals surface area contributed by atoms with E-state index in [2.05, 4.69) is 15.6 Å². The minimum absolute atomic E-state index is 0.0754. The number of hydrogen-bond donors (Lipinski definition) is 4. The van der Waals surface area contributed by atoms with Crippen molar-refractivity contribution >= 4 is 40.8 Å². The van der Waals surface area contributed by atoms with Gasteiger partial charge in [0.2, 0.25) is 11.8 Å². The molecule has 52 heavy (non-hydrogen) atoms. The van der Waals surface area contributed by atoms with E-state index < -0.39 is 11.7 Å². The van der Waals surface area contributed by atoms with Crippen molar-refractivity contribution in [3.05, 3.63) is 105 Å². The number of amides is 2. The number of aliphatic hydroxyl groups excluding tert-OH is 1. The lowest BCUT2D eigenvalue weighted by molar-refractivity contribution is -0.119. The number of aliphatic hydroxyl groups is 1. The molecule has 2 aromatic carbocycles. The zero-order valence-electron chi connectivity index (χ0n) is 28.2. The highest BCUT2D eigenvalue weighted by Crippen LogP contribution is 2.42. The van der Waals surface area contributed by atoms with E-state index in [0.717, 1.165) is 28.9 Å². The number of pyridine rings is 2. The number of methoxy groups -OCH3 is 1. The molecule has 12 nitrogen and oxygen atoms in total. The third kappa shape index (κ3) is 7.20. The first-order valence-electron chi connectivity index (χ1n) is 16.9. The number of carbonyl (C=O) groups excluding carboxylic acids is 1. The van der Waals surface area contributed by atoms with Crippen LogP contribution in [0.4, 0.5) is 4.79 Å². The zero-order valence-corrected chi connectivity index (χ0v) is 29.7. The molecule has 0 unspecified atom stereocenters. The molecule has 14 heteroatoms. The van der Waals surface area contributed by atoms with Crippen LogP contribution in [0.5, 0.6) is 5.88 Å². The molecule has 1 saturated heterocycles. The highest BCUT2D eigenvalue weighted by atomic mass is 35.5. The van der Waals surface area contributed by atoms with Crippen LogP contribution >= 0.6 is 23.2 Å². The van der Waals surface area contributed by atoms with Gasteiger partial charge in [0.1, 0.15) is 5.65 Å². The lowest BCUT2D eigenvalue weighted by atomic mass is 9.89. The fourth-order valence-corrected chi connectivity index (χ4v) is 7.39. The first-order chi connectivity index (χ1) is 25.1. The number of carboxylic acid groups (broad SMARTS) is 1. The van der Waals surface area contributed by atoms with Crippen molar-refractivity contribution in [2.75, 3.05) is 13.7 Å². The second kappa shape index (κ2) is 14.9. The van der Waals surface area contributed by atoms with Gasteiger partial charge in [0.25, 0.3) is 5.56 Å². The summed E-state index contributed by atoms with van der Waals surface area (Å²) >= 11 is 14.1. The SMILES string of the molecule is COc1nc(-c2cccc(-c3cccc(-c4ccn5c(=O)c(CN(C[C@@H]6CCC(=O)N6)C(=O)O)cnc5c4)c3Cl)c2Cl)ccc1CNC1CC(O)C1. The van der Waals surface area contributed by atoms with E-state index in [1.807, 2.05) is 48.5 Å². The largest absolute Gasteiger partial charge is 0.481 e. The highest BCUT2D eigenvalue weighted by molar-refractivity contribution is 6.39. The van der Waals surface area contributed by atoms with Gasteiger partial charge in [0, 0.05) is 71.8 Å². The van der Waals surface area contributed by atoms with Crippen LogP contribution in [0.1, 0.15) is 36.8 Å². The molecule has 7 rings (SSSR count). The minimum atomic E-state index is -1.19. The van der Waals surface area contributed by atoms with Crippen molar-refractivity contribution in [3.63, 3.8) is 0 Å². The number of ether oxygens (including phenoxy) is 1. The Bertz CT molecular complexity index is 2240. The Labute approximate surface area is 309 Å². The van der Waals surface area contributed by atoms with Crippen LogP contribution in [0.3, 0.4) is 0 Å². The van der Waals surface area contributed by atoms with Crippen LogP contribution in [-0.4, -0.2) is 73.3 Å². The smallest absolute Gasteiger partial charge is 0.407 e. The van der Waals surface area contributed by atoms with E-state index in [4.69, 9.17) is 32.9 Å². The summed E-state index contributed by atoms with van der Waals surface area (Å²) in [6.45, 7) is 0.476. The maximum atomic E-state index is 13.4. The number of fused-ring (bicyclic) bond motifs is 1. The van der Waals surface area contributed by atoms with Gasteiger partial charge in [0.05, 0.1) is 41.1 Å². The molecular formula is C38H36Cl2N6O6. The monoisotopic (exact) mass is 742 g/mol. The maximum absolute atomic E-state index is 13.4. The van der Waals surface area contributed by atoms with Crippen LogP contribution in [-0.2, 0) is 17.9 Å². The van der Waals surface area contributed by atoms with Crippen molar-refractivity contribution in [2.45, 2.75) is 57.0 Å². The van der Waals surface area contributed by atoms with Gasteiger partial charge in [0.15, 0.2) is 0 Å². The number of nitrogens with zero attached hydrogens (tertiary/aromatic N) is 4. The molecule has 3 aromatic heterocycles. The van der Waals surface area contributed by atoms with E-state index in [1.165, 1.54) is 10.6 Å². The Morgan fingerprint density at radius 1 is 1.02 bits per heavy atom. The summed E-state index contributed by atoms with van der Waals surface area (Å²) in [6.07, 6.45) is 3.91. The lowest BCUT2D eigenvalue weighted by Crippen LogP contribution is -2.43. The minimum Gasteiger partial charge on any atom is -0.481 e. The van der Waals surface area contributed by atoms with Gasteiger partial charge in [-0.3, -0.25) is 14.0 Å². The number of rotatable bonds is 11. The van der Waals surface area contributed by atoms with E-state index >= 15 is 0 Å². The first-order valence-corrected chi connectivity index (χ1v) is 17.7. The molecule has 0 radical (unpaired) electrons.